The molecule has 0 saturated carbocycles. The van der Waals surface area contributed by atoms with Crippen LogP contribution in [0.3, 0.4) is 0 Å². The van der Waals surface area contributed by atoms with Crippen molar-refractivity contribution in [2.75, 3.05) is 46.4 Å². The summed E-state index contributed by atoms with van der Waals surface area (Å²) in [6.07, 6.45) is 0.521. The van der Waals surface area contributed by atoms with Gasteiger partial charge in [0.1, 0.15) is 11.4 Å². The number of benzene rings is 1. The van der Waals surface area contributed by atoms with Crippen LogP contribution in [0.15, 0.2) is 18.2 Å². The molecule has 1 aromatic carbocycles. The largest absolute Gasteiger partial charge is 0.444 e. The van der Waals surface area contributed by atoms with Gasteiger partial charge >= 0.3 is 6.09 Å². The number of halogens is 1. The number of nitrogens with one attached hydrogen (secondary N) is 1. The number of fused-ring (bicyclic) bond motifs is 1. The predicted molar refractivity (Wildman–Crippen MR) is 124 cm³/mol. The second-order valence-corrected chi connectivity index (χ2v) is 9.93. The Hall–Kier alpha value is -2.23. The van der Waals surface area contributed by atoms with Gasteiger partial charge in [-0.25, -0.2) is 9.18 Å². The Bertz CT molecular complexity index is 949. The number of thiophene rings is 1. The number of amides is 2. The highest BCUT2D eigenvalue weighted by atomic mass is 32.1. The fourth-order valence-corrected chi connectivity index (χ4v) is 4.84. The van der Waals surface area contributed by atoms with Crippen LogP contribution in [0.4, 0.5) is 9.18 Å². The third-order valence-corrected chi connectivity index (χ3v) is 6.41. The fourth-order valence-electron chi connectivity index (χ4n) is 3.70. The monoisotopic (exact) mass is 465 g/mol. The average molecular weight is 466 g/mol. The SMILES string of the molecule is COCc1c(C(=O)NCCCN2CCN(C(=O)OC(C)(C)C)CC2)sc2cccc(F)c12. The summed E-state index contributed by atoms with van der Waals surface area (Å²) in [5.74, 6) is -0.539. The summed E-state index contributed by atoms with van der Waals surface area (Å²) in [5.41, 5.74) is 0.108. The molecule has 0 aliphatic carbocycles. The Balaban J connectivity index is 1.46. The van der Waals surface area contributed by atoms with E-state index in [4.69, 9.17) is 9.47 Å². The van der Waals surface area contributed by atoms with Crippen molar-refractivity contribution >= 4 is 33.4 Å². The lowest BCUT2D eigenvalue weighted by molar-refractivity contribution is 0.0144. The van der Waals surface area contributed by atoms with E-state index < -0.39 is 5.60 Å². The molecule has 9 heteroatoms. The molecule has 2 amide bonds. The first kappa shape index (κ1) is 24.4. The van der Waals surface area contributed by atoms with E-state index in [2.05, 4.69) is 10.2 Å². The molecule has 7 nitrogen and oxygen atoms in total. The zero-order valence-corrected chi connectivity index (χ0v) is 20.0. The molecule has 0 radical (unpaired) electrons. The third-order valence-electron chi connectivity index (χ3n) is 5.22. The summed E-state index contributed by atoms with van der Waals surface area (Å²) in [6, 6.07) is 4.86. The maximum atomic E-state index is 14.3. The summed E-state index contributed by atoms with van der Waals surface area (Å²) in [6.45, 7) is 9.95. The summed E-state index contributed by atoms with van der Waals surface area (Å²) in [4.78, 5) is 29.4. The van der Waals surface area contributed by atoms with Crippen LogP contribution in [-0.4, -0.2) is 73.8 Å². The molecule has 0 atom stereocenters. The molecular formula is C23H32FN3O4S. The average Bonchev–Trinajstić information content (AvgIpc) is 3.10. The Morgan fingerprint density at radius 1 is 1.19 bits per heavy atom. The number of hydrogen-bond donors (Lipinski definition) is 1. The zero-order chi connectivity index (χ0) is 23.3. The first-order valence-corrected chi connectivity index (χ1v) is 11.7. The molecule has 1 aliphatic heterocycles. The minimum Gasteiger partial charge on any atom is -0.444 e. The van der Waals surface area contributed by atoms with E-state index in [-0.39, 0.29) is 24.4 Å². The number of carbonyl (C=O) groups is 2. The molecule has 0 unspecified atom stereocenters. The number of ether oxygens (including phenoxy) is 2. The molecule has 0 bridgehead atoms. The highest BCUT2D eigenvalue weighted by molar-refractivity contribution is 7.21. The second kappa shape index (κ2) is 10.6. The van der Waals surface area contributed by atoms with E-state index in [1.165, 1.54) is 24.5 Å². The van der Waals surface area contributed by atoms with Crippen molar-refractivity contribution in [1.29, 1.82) is 0 Å². The van der Waals surface area contributed by atoms with Crippen LogP contribution in [-0.2, 0) is 16.1 Å². The van der Waals surface area contributed by atoms with E-state index >= 15 is 0 Å². The Kier molecular flexibility index (Phi) is 8.08. The third kappa shape index (κ3) is 6.17. The number of rotatable bonds is 7. The van der Waals surface area contributed by atoms with E-state index in [0.29, 0.717) is 35.5 Å². The summed E-state index contributed by atoms with van der Waals surface area (Å²) < 4.78 is 25.7. The van der Waals surface area contributed by atoms with Crippen LogP contribution in [0.5, 0.6) is 0 Å². The van der Waals surface area contributed by atoms with Crippen LogP contribution in [0.2, 0.25) is 0 Å². The number of piperazine rings is 1. The molecule has 2 heterocycles. The molecule has 0 spiro atoms. The molecule has 2 aromatic rings. The predicted octanol–water partition coefficient (Wildman–Crippen LogP) is 3.86. The molecule has 1 aliphatic rings. The lowest BCUT2D eigenvalue weighted by atomic mass is 10.1. The maximum Gasteiger partial charge on any atom is 0.410 e. The zero-order valence-electron chi connectivity index (χ0n) is 19.2. The van der Waals surface area contributed by atoms with Gasteiger partial charge < -0.3 is 19.7 Å². The van der Waals surface area contributed by atoms with Gasteiger partial charge in [0.25, 0.3) is 5.91 Å². The first-order chi connectivity index (χ1) is 15.2. The number of methoxy groups -OCH3 is 1. The van der Waals surface area contributed by atoms with Crippen molar-refractivity contribution in [2.24, 2.45) is 0 Å². The quantitative estimate of drug-likeness (QED) is 0.629. The van der Waals surface area contributed by atoms with Crippen LogP contribution in [0, 0.1) is 5.82 Å². The van der Waals surface area contributed by atoms with Crippen LogP contribution >= 0.6 is 11.3 Å². The summed E-state index contributed by atoms with van der Waals surface area (Å²) in [5, 5.41) is 3.42. The molecule has 1 saturated heterocycles. The van der Waals surface area contributed by atoms with Crippen molar-refractivity contribution in [3.63, 3.8) is 0 Å². The Labute approximate surface area is 192 Å². The lowest BCUT2D eigenvalue weighted by Crippen LogP contribution is -2.50. The minimum absolute atomic E-state index is 0.186. The van der Waals surface area contributed by atoms with Gasteiger partial charge in [-0.15, -0.1) is 11.3 Å². The maximum absolute atomic E-state index is 14.3. The van der Waals surface area contributed by atoms with Crippen LogP contribution in [0.25, 0.3) is 10.1 Å². The summed E-state index contributed by atoms with van der Waals surface area (Å²) >= 11 is 1.29. The van der Waals surface area contributed by atoms with Crippen molar-refractivity contribution in [2.45, 2.75) is 39.4 Å². The molecule has 1 fully saturated rings. The molecule has 1 N–H and O–H groups in total. The van der Waals surface area contributed by atoms with Gasteiger partial charge in [-0.05, 0) is 45.9 Å². The second-order valence-electron chi connectivity index (χ2n) is 8.87. The van der Waals surface area contributed by atoms with Gasteiger partial charge in [0.05, 0.1) is 11.5 Å². The van der Waals surface area contributed by atoms with Gasteiger partial charge in [-0.1, -0.05) is 6.07 Å². The van der Waals surface area contributed by atoms with E-state index in [9.17, 15) is 14.0 Å². The first-order valence-electron chi connectivity index (χ1n) is 10.9. The standard InChI is InChI=1S/C23H32FN3O4S/c1-23(2,3)31-22(29)27-13-11-26(12-14-27)10-6-9-25-21(28)20-16(15-30-4)19-17(24)7-5-8-18(19)32-20/h5,7-8H,6,9-15H2,1-4H3,(H,25,28). The van der Waals surface area contributed by atoms with Crippen LogP contribution < -0.4 is 5.32 Å². The van der Waals surface area contributed by atoms with Gasteiger partial charge in [0.2, 0.25) is 0 Å². The number of carbonyl (C=O) groups excluding carboxylic acids is 2. The Morgan fingerprint density at radius 3 is 2.56 bits per heavy atom. The normalized spacial score (nSPS) is 15.2. The molecule has 1 aromatic heterocycles. The van der Waals surface area contributed by atoms with Gasteiger partial charge in [0.15, 0.2) is 0 Å². The fraction of sp³-hybridized carbons (Fsp3) is 0.565. The topological polar surface area (TPSA) is 71.1 Å². The molecule has 176 valence electrons. The highest BCUT2D eigenvalue weighted by Crippen LogP contribution is 2.33. The van der Waals surface area contributed by atoms with Crippen molar-refractivity contribution in [1.82, 2.24) is 15.1 Å². The van der Waals surface area contributed by atoms with Crippen molar-refractivity contribution < 1.29 is 23.5 Å². The molecular weight excluding hydrogens is 433 g/mol. The number of hydrogen-bond acceptors (Lipinski definition) is 6. The molecule has 3 rings (SSSR count). The highest BCUT2D eigenvalue weighted by Gasteiger charge is 2.26. The van der Waals surface area contributed by atoms with E-state index in [1.807, 2.05) is 26.8 Å². The van der Waals surface area contributed by atoms with Crippen molar-refractivity contribution in [3.8, 4) is 0 Å². The Morgan fingerprint density at radius 2 is 1.91 bits per heavy atom. The summed E-state index contributed by atoms with van der Waals surface area (Å²) in [7, 11) is 1.54. The van der Waals surface area contributed by atoms with E-state index in [1.54, 1.807) is 11.0 Å². The lowest BCUT2D eigenvalue weighted by Gasteiger charge is -2.35. The minimum atomic E-state index is -0.490. The van der Waals surface area contributed by atoms with E-state index in [0.717, 1.165) is 30.8 Å². The van der Waals surface area contributed by atoms with Gasteiger partial charge in [-0.2, -0.15) is 0 Å². The van der Waals surface area contributed by atoms with Gasteiger partial charge in [0, 0.05) is 55.5 Å². The van der Waals surface area contributed by atoms with Crippen molar-refractivity contribution in [3.05, 3.63) is 34.5 Å². The molecule has 32 heavy (non-hydrogen) atoms. The smallest absolute Gasteiger partial charge is 0.410 e. The van der Waals surface area contributed by atoms with Gasteiger partial charge in [-0.3, -0.25) is 9.69 Å². The number of nitrogens with zero attached hydrogens (tertiary/aromatic N) is 2. The van der Waals surface area contributed by atoms with Crippen LogP contribution in [0.1, 0.15) is 42.4 Å².